The average Bonchev–Trinajstić information content (AvgIpc) is 2.82. The fraction of sp³-hybridized carbons (Fsp3) is 0.208. The van der Waals surface area contributed by atoms with Gasteiger partial charge in [-0.25, -0.2) is 8.42 Å². The van der Waals surface area contributed by atoms with Crippen molar-refractivity contribution in [1.82, 2.24) is 5.32 Å². The third-order valence-electron chi connectivity index (χ3n) is 4.90. The summed E-state index contributed by atoms with van der Waals surface area (Å²) in [6, 6.07) is 19.9. The molecule has 0 atom stereocenters. The van der Waals surface area contributed by atoms with E-state index in [4.69, 9.17) is 21.1 Å². The summed E-state index contributed by atoms with van der Waals surface area (Å²) in [5.41, 5.74) is 1.25. The van der Waals surface area contributed by atoms with E-state index in [1.807, 2.05) is 12.1 Å². The molecule has 0 bridgehead atoms. The Morgan fingerprint density at radius 1 is 0.939 bits per heavy atom. The monoisotopic (exact) mass is 488 g/mol. The molecule has 0 aliphatic rings. The number of sulfonamides is 1. The number of anilines is 1. The Balaban J connectivity index is 1.73. The van der Waals surface area contributed by atoms with Crippen molar-refractivity contribution in [2.75, 3.05) is 31.6 Å². The van der Waals surface area contributed by atoms with Gasteiger partial charge in [0.05, 0.1) is 24.8 Å². The number of carbonyl (C=O) groups excluding carboxylic acids is 1. The molecule has 0 saturated carbocycles. The molecule has 0 radical (unpaired) electrons. The number of hydrogen-bond acceptors (Lipinski definition) is 5. The SMILES string of the molecule is COc1ccc(CCNC(=O)CN(c2cccc(Cl)c2)S(=O)(=O)c2ccccc2)cc1OC. The number of rotatable bonds is 10. The zero-order valence-electron chi connectivity index (χ0n) is 18.3. The maximum Gasteiger partial charge on any atom is 0.264 e. The van der Waals surface area contributed by atoms with E-state index in [-0.39, 0.29) is 11.4 Å². The Morgan fingerprint density at radius 2 is 1.67 bits per heavy atom. The second-order valence-electron chi connectivity index (χ2n) is 7.09. The highest BCUT2D eigenvalue weighted by Crippen LogP contribution is 2.28. The smallest absolute Gasteiger partial charge is 0.264 e. The Kier molecular flexibility index (Phi) is 8.19. The van der Waals surface area contributed by atoms with Gasteiger partial charge < -0.3 is 14.8 Å². The maximum absolute atomic E-state index is 13.3. The lowest BCUT2D eigenvalue weighted by molar-refractivity contribution is -0.119. The lowest BCUT2D eigenvalue weighted by Gasteiger charge is -2.24. The maximum atomic E-state index is 13.3. The number of benzene rings is 3. The molecule has 0 unspecified atom stereocenters. The highest BCUT2D eigenvalue weighted by Gasteiger charge is 2.27. The lowest BCUT2D eigenvalue weighted by atomic mass is 10.1. The van der Waals surface area contributed by atoms with Gasteiger partial charge in [0.15, 0.2) is 11.5 Å². The molecular formula is C24H25ClN2O5S. The van der Waals surface area contributed by atoms with E-state index in [1.165, 1.54) is 18.2 Å². The van der Waals surface area contributed by atoms with E-state index in [1.54, 1.807) is 56.7 Å². The summed E-state index contributed by atoms with van der Waals surface area (Å²) in [4.78, 5) is 12.8. The van der Waals surface area contributed by atoms with Gasteiger partial charge in [-0.3, -0.25) is 9.10 Å². The molecule has 0 saturated heterocycles. The Hall–Kier alpha value is -3.23. The molecule has 3 rings (SSSR count). The van der Waals surface area contributed by atoms with Gasteiger partial charge in [0.1, 0.15) is 6.54 Å². The van der Waals surface area contributed by atoms with Crippen molar-refractivity contribution < 1.29 is 22.7 Å². The molecule has 7 nitrogen and oxygen atoms in total. The van der Waals surface area contributed by atoms with Gasteiger partial charge in [0, 0.05) is 11.6 Å². The minimum atomic E-state index is -3.98. The van der Waals surface area contributed by atoms with Gasteiger partial charge in [-0.05, 0) is 54.4 Å². The van der Waals surface area contributed by atoms with Gasteiger partial charge in [0.25, 0.3) is 10.0 Å². The Morgan fingerprint density at radius 3 is 2.33 bits per heavy atom. The zero-order chi connectivity index (χ0) is 23.8. The first-order valence-electron chi connectivity index (χ1n) is 10.2. The van der Waals surface area contributed by atoms with Crippen molar-refractivity contribution in [3.8, 4) is 11.5 Å². The largest absolute Gasteiger partial charge is 0.493 e. The molecule has 0 heterocycles. The van der Waals surface area contributed by atoms with Crippen molar-refractivity contribution in [1.29, 1.82) is 0 Å². The quantitative estimate of drug-likeness (QED) is 0.467. The van der Waals surface area contributed by atoms with Crippen LogP contribution in [0.15, 0.2) is 77.7 Å². The molecular weight excluding hydrogens is 464 g/mol. The lowest BCUT2D eigenvalue weighted by Crippen LogP contribution is -2.41. The fourth-order valence-corrected chi connectivity index (χ4v) is 4.85. The van der Waals surface area contributed by atoms with Crippen LogP contribution in [0.2, 0.25) is 5.02 Å². The van der Waals surface area contributed by atoms with Crippen molar-refractivity contribution >= 4 is 33.2 Å². The summed E-state index contributed by atoms with van der Waals surface area (Å²) in [6.45, 7) is -0.0629. The van der Waals surface area contributed by atoms with Crippen LogP contribution >= 0.6 is 11.6 Å². The van der Waals surface area contributed by atoms with E-state index in [9.17, 15) is 13.2 Å². The van der Waals surface area contributed by atoms with Crippen LogP contribution in [0.3, 0.4) is 0 Å². The third-order valence-corrected chi connectivity index (χ3v) is 6.92. The van der Waals surface area contributed by atoms with Crippen LogP contribution in [0, 0.1) is 0 Å². The highest BCUT2D eigenvalue weighted by molar-refractivity contribution is 7.92. The number of carbonyl (C=O) groups is 1. The predicted octanol–water partition coefficient (Wildman–Crippen LogP) is 3.91. The normalized spacial score (nSPS) is 11.0. The van der Waals surface area contributed by atoms with E-state index >= 15 is 0 Å². The molecule has 0 spiro atoms. The van der Waals surface area contributed by atoms with Gasteiger partial charge in [-0.15, -0.1) is 0 Å². The minimum Gasteiger partial charge on any atom is -0.493 e. The van der Waals surface area contributed by atoms with E-state index < -0.39 is 15.9 Å². The molecule has 3 aromatic carbocycles. The van der Waals surface area contributed by atoms with E-state index in [0.29, 0.717) is 35.2 Å². The number of halogens is 1. The van der Waals surface area contributed by atoms with Gasteiger partial charge in [-0.2, -0.15) is 0 Å². The summed E-state index contributed by atoms with van der Waals surface area (Å²) < 4.78 is 38.1. The highest BCUT2D eigenvalue weighted by atomic mass is 35.5. The summed E-state index contributed by atoms with van der Waals surface area (Å²) >= 11 is 6.08. The number of nitrogens with zero attached hydrogens (tertiary/aromatic N) is 1. The van der Waals surface area contributed by atoms with Crippen molar-refractivity contribution in [3.05, 3.63) is 83.4 Å². The van der Waals surface area contributed by atoms with Gasteiger partial charge in [0.2, 0.25) is 5.91 Å². The van der Waals surface area contributed by atoms with Crippen LogP contribution in [0.5, 0.6) is 11.5 Å². The van der Waals surface area contributed by atoms with E-state index in [2.05, 4.69) is 5.32 Å². The number of hydrogen-bond donors (Lipinski definition) is 1. The van der Waals surface area contributed by atoms with Crippen molar-refractivity contribution in [2.45, 2.75) is 11.3 Å². The summed E-state index contributed by atoms with van der Waals surface area (Å²) in [6.07, 6.45) is 0.536. The number of nitrogens with one attached hydrogen (secondary N) is 1. The van der Waals surface area contributed by atoms with Crippen molar-refractivity contribution in [2.24, 2.45) is 0 Å². The predicted molar refractivity (Wildman–Crippen MR) is 129 cm³/mol. The van der Waals surface area contributed by atoms with Crippen LogP contribution in [-0.4, -0.2) is 41.6 Å². The molecule has 1 amide bonds. The average molecular weight is 489 g/mol. The number of ether oxygens (including phenoxy) is 2. The standard InChI is InChI=1S/C24H25ClN2O5S/c1-31-22-12-11-18(15-23(22)32-2)13-14-26-24(28)17-27(20-8-6-7-19(25)16-20)33(29,30)21-9-4-3-5-10-21/h3-12,15-16H,13-14,17H2,1-2H3,(H,26,28). The van der Waals surface area contributed by atoms with Crippen LogP contribution in [0.4, 0.5) is 5.69 Å². The second-order valence-corrected chi connectivity index (χ2v) is 9.39. The van der Waals surface area contributed by atoms with E-state index in [0.717, 1.165) is 9.87 Å². The van der Waals surface area contributed by atoms with Crippen LogP contribution in [-0.2, 0) is 21.2 Å². The molecule has 33 heavy (non-hydrogen) atoms. The first kappa shape index (κ1) is 24.4. The molecule has 1 N–H and O–H groups in total. The van der Waals surface area contributed by atoms with Crippen LogP contribution in [0.1, 0.15) is 5.56 Å². The molecule has 0 aliphatic carbocycles. The summed E-state index contributed by atoms with van der Waals surface area (Å²) in [7, 11) is -0.857. The molecule has 174 valence electrons. The first-order chi connectivity index (χ1) is 15.8. The molecule has 0 fully saturated rings. The minimum absolute atomic E-state index is 0.0862. The fourth-order valence-electron chi connectivity index (χ4n) is 3.23. The van der Waals surface area contributed by atoms with Crippen molar-refractivity contribution in [3.63, 3.8) is 0 Å². The Labute approximate surface area is 198 Å². The molecule has 9 heteroatoms. The topological polar surface area (TPSA) is 84.9 Å². The van der Waals surface area contributed by atoms with Gasteiger partial charge >= 0.3 is 0 Å². The molecule has 0 aromatic heterocycles. The van der Waals surface area contributed by atoms with Crippen LogP contribution in [0.25, 0.3) is 0 Å². The third kappa shape index (κ3) is 6.18. The number of methoxy groups -OCH3 is 2. The summed E-state index contributed by atoms with van der Waals surface area (Å²) in [5.74, 6) is 0.783. The van der Waals surface area contributed by atoms with Crippen LogP contribution < -0.4 is 19.1 Å². The molecule has 3 aromatic rings. The molecule has 0 aliphatic heterocycles. The zero-order valence-corrected chi connectivity index (χ0v) is 19.9. The summed E-state index contributed by atoms with van der Waals surface area (Å²) in [5, 5.41) is 3.16. The first-order valence-corrected chi connectivity index (χ1v) is 12.0. The second kappa shape index (κ2) is 11.1. The Bertz CT molecular complexity index is 1200. The van der Waals surface area contributed by atoms with Gasteiger partial charge in [-0.1, -0.05) is 41.9 Å². The number of amides is 1.